The van der Waals surface area contributed by atoms with Gasteiger partial charge in [0.1, 0.15) is 0 Å². The van der Waals surface area contributed by atoms with Crippen LogP contribution in [0.3, 0.4) is 0 Å². The zero-order valence-corrected chi connectivity index (χ0v) is 12.2. The minimum Gasteiger partial charge on any atom is -0.466 e. The molecule has 0 saturated heterocycles. The third-order valence-electron chi connectivity index (χ3n) is 3.76. The molecule has 104 valence electrons. The lowest BCUT2D eigenvalue weighted by molar-refractivity contribution is -0.136. The Bertz CT molecular complexity index is 289. The van der Waals surface area contributed by atoms with Crippen molar-refractivity contribution in [1.82, 2.24) is 5.32 Å². The Labute approximate surface area is 111 Å². The first kappa shape index (κ1) is 15.2. The number of carbonyl (C=O) groups is 1. The van der Waals surface area contributed by atoms with Crippen molar-refractivity contribution in [2.45, 2.75) is 52.5 Å². The molecular weight excluding hydrogens is 226 g/mol. The van der Waals surface area contributed by atoms with Crippen molar-refractivity contribution in [3.63, 3.8) is 0 Å². The minimum absolute atomic E-state index is 0.204. The molecule has 1 N–H and O–H groups in total. The molecule has 0 aromatic heterocycles. The summed E-state index contributed by atoms with van der Waals surface area (Å²) in [6.07, 6.45) is 6.54. The van der Waals surface area contributed by atoms with Gasteiger partial charge in [0.25, 0.3) is 0 Å². The van der Waals surface area contributed by atoms with Crippen molar-refractivity contribution < 1.29 is 9.53 Å². The summed E-state index contributed by atoms with van der Waals surface area (Å²) in [7, 11) is 1.43. The van der Waals surface area contributed by atoms with Crippen LogP contribution in [-0.2, 0) is 9.53 Å². The van der Waals surface area contributed by atoms with Gasteiger partial charge >= 0.3 is 5.97 Å². The standard InChI is InChI=1S/C15H27NO2/c1-5-13(15(17)18-4)6-7-16-14-9-11(2)8-12(3)10-14/h6,11-12,14,16H,5,7-10H2,1-4H3. The van der Waals surface area contributed by atoms with Crippen molar-refractivity contribution >= 4 is 5.97 Å². The molecular formula is C15H27NO2. The predicted molar refractivity (Wildman–Crippen MR) is 74.4 cm³/mol. The fourth-order valence-electron chi connectivity index (χ4n) is 2.97. The van der Waals surface area contributed by atoms with Crippen molar-refractivity contribution in [1.29, 1.82) is 0 Å². The summed E-state index contributed by atoms with van der Waals surface area (Å²) in [5.41, 5.74) is 0.766. The fraction of sp³-hybridized carbons (Fsp3) is 0.800. The Morgan fingerprint density at radius 3 is 2.39 bits per heavy atom. The van der Waals surface area contributed by atoms with E-state index in [1.54, 1.807) is 0 Å². The first-order valence-corrected chi connectivity index (χ1v) is 7.07. The molecule has 1 aliphatic rings. The van der Waals surface area contributed by atoms with E-state index in [0.29, 0.717) is 6.04 Å². The van der Waals surface area contributed by atoms with Crippen LogP contribution in [0.5, 0.6) is 0 Å². The minimum atomic E-state index is -0.204. The molecule has 2 atom stereocenters. The zero-order valence-electron chi connectivity index (χ0n) is 12.2. The molecule has 1 rings (SSSR count). The maximum atomic E-state index is 11.4. The molecule has 0 aliphatic heterocycles. The van der Waals surface area contributed by atoms with Crippen LogP contribution in [0.4, 0.5) is 0 Å². The molecule has 0 radical (unpaired) electrons. The highest BCUT2D eigenvalue weighted by molar-refractivity contribution is 5.88. The average molecular weight is 253 g/mol. The van der Waals surface area contributed by atoms with E-state index in [-0.39, 0.29) is 5.97 Å². The second-order valence-electron chi connectivity index (χ2n) is 5.60. The summed E-state index contributed by atoms with van der Waals surface area (Å²) in [5, 5.41) is 3.54. The normalized spacial score (nSPS) is 29.1. The van der Waals surface area contributed by atoms with Crippen LogP contribution in [0.2, 0.25) is 0 Å². The third-order valence-corrected chi connectivity index (χ3v) is 3.76. The molecule has 0 spiro atoms. The van der Waals surface area contributed by atoms with E-state index in [4.69, 9.17) is 4.74 Å². The van der Waals surface area contributed by atoms with Gasteiger partial charge in [-0.25, -0.2) is 4.79 Å². The Kier molecular flexibility index (Phi) is 6.41. The molecule has 0 aromatic rings. The molecule has 1 saturated carbocycles. The van der Waals surface area contributed by atoms with E-state index >= 15 is 0 Å². The smallest absolute Gasteiger partial charge is 0.333 e. The van der Waals surface area contributed by atoms with Crippen LogP contribution >= 0.6 is 0 Å². The van der Waals surface area contributed by atoms with E-state index in [0.717, 1.165) is 30.4 Å². The predicted octanol–water partition coefficient (Wildman–Crippen LogP) is 2.91. The van der Waals surface area contributed by atoms with Crippen LogP contribution in [0.1, 0.15) is 46.5 Å². The van der Waals surface area contributed by atoms with Gasteiger partial charge in [0.2, 0.25) is 0 Å². The summed E-state index contributed by atoms with van der Waals surface area (Å²) in [5.74, 6) is 1.41. The third kappa shape index (κ3) is 4.81. The largest absolute Gasteiger partial charge is 0.466 e. The molecule has 3 heteroatoms. The SMILES string of the molecule is CCC(=CCNC1CC(C)CC(C)C1)C(=O)OC. The summed E-state index contributed by atoms with van der Waals surface area (Å²) in [4.78, 5) is 11.4. The van der Waals surface area contributed by atoms with Gasteiger partial charge in [-0.15, -0.1) is 0 Å². The number of ether oxygens (including phenoxy) is 1. The fourth-order valence-corrected chi connectivity index (χ4v) is 2.97. The van der Waals surface area contributed by atoms with Gasteiger partial charge in [-0.2, -0.15) is 0 Å². The number of rotatable bonds is 5. The molecule has 1 fully saturated rings. The van der Waals surface area contributed by atoms with Gasteiger partial charge < -0.3 is 10.1 Å². The summed E-state index contributed by atoms with van der Waals surface area (Å²) in [6.45, 7) is 7.40. The van der Waals surface area contributed by atoms with Crippen LogP contribution in [0.25, 0.3) is 0 Å². The van der Waals surface area contributed by atoms with Crippen LogP contribution in [0, 0.1) is 11.8 Å². The second-order valence-corrected chi connectivity index (χ2v) is 5.60. The summed E-state index contributed by atoms with van der Waals surface area (Å²) in [6, 6.07) is 0.593. The van der Waals surface area contributed by atoms with E-state index in [1.165, 1.54) is 26.4 Å². The van der Waals surface area contributed by atoms with E-state index in [2.05, 4.69) is 19.2 Å². The number of hydrogen-bond donors (Lipinski definition) is 1. The highest BCUT2D eigenvalue weighted by atomic mass is 16.5. The van der Waals surface area contributed by atoms with Crippen molar-refractivity contribution in [3.8, 4) is 0 Å². The second kappa shape index (κ2) is 7.57. The van der Waals surface area contributed by atoms with Gasteiger partial charge in [0.05, 0.1) is 7.11 Å². The topological polar surface area (TPSA) is 38.3 Å². The van der Waals surface area contributed by atoms with Gasteiger partial charge in [-0.3, -0.25) is 0 Å². The number of nitrogens with one attached hydrogen (secondary N) is 1. The molecule has 2 unspecified atom stereocenters. The lowest BCUT2D eigenvalue weighted by Gasteiger charge is -2.31. The monoisotopic (exact) mass is 253 g/mol. The highest BCUT2D eigenvalue weighted by Crippen LogP contribution is 2.28. The van der Waals surface area contributed by atoms with E-state index in [1.807, 2.05) is 13.0 Å². The zero-order chi connectivity index (χ0) is 13.5. The highest BCUT2D eigenvalue weighted by Gasteiger charge is 2.23. The molecule has 0 bridgehead atoms. The maximum absolute atomic E-state index is 11.4. The number of esters is 1. The van der Waals surface area contributed by atoms with Gasteiger partial charge in [0, 0.05) is 18.2 Å². The molecule has 0 heterocycles. The Balaban J connectivity index is 2.40. The van der Waals surface area contributed by atoms with Crippen LogP contribution in [0.15, 0.2) is 11.6 Å². The van der Waals surface area contributed by atoms with Crippen molar-refractivity contribution in [3.05, 3.63) is 11.6 Å². The maximum Gasteiger partial charge on any atom is 0.333 e. The Morgan fingerprint density at radius 1 is 1.28 bits per heavy atom. The summed E-state index contributed by atoms with van der Waals surface area (Å²) >= 11 is 0. The Hall–Kier alpha value is -0.830. The first-order valence-electron chi connectivity index (χ1n) is 7.07. The average Bonchev–Trinajstić information content (AvgIpc) is 2.32. The molecule has 1 aliphatic carbocycles. The quantitative estimate of drug-likeness (QED) is 0.605. The lowest BCUT2D eigenvalue weighted by Crippen LogP contribution is -2.36. The first-order chi connectivity index (χ1) is 8.56. The number of carbonyl (C=O) groups excluding carboxylic acids is 1. The van der Waals surface area contributed by atoms with Crippen LogP contribution in [-0.4, -0.2) is 25.7 Å². The molecule has 18 heavy (non-hydrogen) atoms. The van der Waals surface area contributed by atoms with Gasteiger partial charge in [-0.1, -0.05) is 26.8 Å². The van der Waals surface area contributed by atoms with E-state index < -0.39 is 0 Å². The van der Waals surface area contributed by atoms with E-state index in [9.17, 15) is 4.79 Å². The van der Waals surface area contributed by atoms with Gasteiger partial charge in [0.15, 0.2) is 0 Å². The Morgan fingerprint density at radius 2 is 1.89 bits per heavy atom. The van der Waals surface area contributed by atoms with Crippen molar-refractivity contribution in [2.75, 3.05) is 13.7 Å². The molecule has 0 amide bonds. The molecule has 0 aromatic carbocycles. The van der Waals surface area contributed by atoms with Crippen LogP contribution < -0.4 is 5.32 Å². The summed E-state index contributed by atoms with van der Waals surface area (Å²) < 4.78 is 4.74. The number of hydrogen-bond acceptors (Lipinski definition) is 3. The number of methoxy groups -OCH3 is 1. The van der Waals surface area contributed by atoms with Crippen molar-refractivity contribution in [2.24, 2.45) is 11.8 Å². The lowest BCUT2D eigenvalue weighted by atomic mass is 9.80. The molecule has 3 nitrogen and oxygen atoms in total. The van der Waals surface area contributed by atoms with Gasteiger partial charge in [-0.05, 0) is 37.5 Å².